The molecule has 1 rings (SSSR count). The molecule has 0 spiro atoms. The van der Waals surface area contributed by atoms with E-state index < -0.39 is 18.4 Å². The largest absolute Gasteiger partial charge is 1.00 e. The van der Waals surface area contributed by atoms with Gasteiger partial charge >= 0.3 is 41.6 Å². The van der Waals surface area contributed by atoms with Gasteiger partial charge in [0.15, 0.2) is 0 Å². The van der Waals surface area contributed by atoms with Crippen molar-refractivity contribution in [3.63, 3.8) is 0 Å². The number of amides is 4. The maximum Gasteiger partial charge on any atom is 1.00 e. The van der Waals surface area contributed by atoms with Gasteiger partial charge in [0.25, 0.3) is 0 Å². The smallest absolute Gasteiger partial charge is 0.819 e. The molecule has 1 heterocycles. The first-order valence-corrected chi connectivity index (χ1v) is 3.13. The molecule has 1 aliphatic heterocycles. The van der Waals surface area contributed by atoms with Crippen LogP contribution in [-0.4, -0.2) is 38.2 Å². The van der Waals surface area contributed by atoms with E-state index in [2.05, 4.69) is 0 Å². The van der Waals surface area contributed by atoms with Crippen LogP contribution in [0.15, 0.2) is 0 Å². The number of halogens is 2. The van der Waals surface area contributed by atoms with E-state index in [0.29, 0.717) is 0 Å². The molecule has 4 amide bonds. The molecule has 5 N–H and O–H groups in total. The summed E-state index contributed by atoms with van der Waals surface area (Å²) in [5, 5.41) is 12.4. The molecule has 0 aromatic heterocycles. The van der Waals surface area contributed by atoms with Crippen LogP contribution in [0.4, 0.5) is 9.59 Å². The van der Waals surface area contributed by atoms with Gasteiger partial charge in [-0.05, 0) is 0 Å². The number of carbonyl (C=O) groups excluding carboxylic acids is 2. The number of urea groups is 2. The van der Waals surface area contributed by atoms with Crippen LogP contribution in [0.5, 0.6) is 0 Å². The summed E-state index contributed by atoms with van der Waals surface area (Å²) in [5.74, 6) is 0. The summed E-state index contributed by atoms with van der Waals surface area (Å²) in [5.41, 5.74) is 0. The van der Waals surface area contributed by atoms with Crippen molar-refractivity contribution in [2.24, 2.45) is 0 Å². The zero-order chi connectivity index (χ0) is 8.59. The van der Waals surface area contributed by atoms with Crippen molar-refractivity contribution in [1.82, 2.24) is 14.2 Å². The summed E-state index contributed by atoms with van der Waals surface area (Å²) in [6.07, 6.45) is -1.79. The van der Waals surface area contributed by atoms with Crippen LogP contribution in [0.25, 0.3) is 0 Å². The second kappa shape index (κ2) is 7.49. The van der Waals surface area contributed by atoms with E-state index in [1.54, 1.807) is 5.32 Å². The van der Waals surface area contributed by atoms with Gasteiger partial charge in [0.2, 0.25) is 0 Å². The Morgan fingerprint density at radius 3 is 2.14 bits per heavy atom. The number of carbonyl (C=O) groups is 2. The molecule has 0 aromatic carbocycles. The molecule has 0 bridgehead atoms. The number of imide groups is 1. The summed E-state index contributed by atoms with van der Waals surface area (Å²) in [6.45, 7) is 0. The molecule has 0 radical (unpaired) electrons. The number of rotatable bonds is 0. The van der Waals surface area contributed by atoms with Crippen molar-refractivity contribution in [3.05, 3.63) is 0 Å². The first-order valence-electron chi connectivity index (χ1n) is 2.45. The van der Waals surface area contributed by atoms with E-state index in [1.807, 2.05) is 0 Å². The standard InChI is InChI=1S/C3H2Cl2N3O3.Na.2H2O/c4-7-1(9)6-2(10)8(5)3(7)11;;;/h1H,(H,6,10);;2*1H2/q-1;+1;;. The van der Waals surface area contributed by atoms with Crippen LogP contribution in [0.1, 0.15) is 0 Å². The van der Waals surface area contributed by atoms with Crippen molar-refractivity contribution in [2.45, 2.75) is 6.35 Å². The number of nitrogens with zero attached hydrogens (tertiary/aromatic N) is 2. The van der Waals surface area contributed by atoms with E-state index >= 15 is 0 Å². The first-order chi connectivity index (χ1) is 5.04. The van der Waals surface area contributed by atoms with Gasteiger partial charge in [-0.2, -0.15) is 4.42 Å². The fourth-order valence-electron chi connectivity index (χ4n) is 0.490. The molecule has 11 heteroatoms. The monoisotopic (exact) mass is 257 g/mol. The summed E-state index contributed by atoms with van der Waals surface area (Å²) < 4.78 is 0.426. The first kappa shape index (κ1) is 19.7. The molecule has 1 fully saturated rings. The third kappa shape index (κ3) is 3.75. The summed E-state index contributed by atoms with van der Waals surface area (Å²) in [4.78, 5) is 21.2. The zero-order valence-electron chi connectivity index (χ0n) is 6.95. The van der Waals surface area contributed by atoms with Gasteiger partial charge in [-0.1, -0.05) is 0 Å². The maximum atomic E-state index is 10.7. The Balaban J connectivity index is -0.000000403. The molecule has 1 saturated heterocycles. The molecule has 0 saturated carbocycles. The van der Waals surface area contributed by atoms with Gasteiger partial charge in [-0.3, -0.25) is 0 Å². The average molecular weight is 258 g/mol. The van der Waals surface area contributed by atoms with Crippen molar-refractivity contribution in [2.75, 3.05) is 0 Å². The summed E-state index contributed by atoms with van der Waals surface area (Å²) >= 11 is 10.2. The zero-order valence-corrected chi connectivity index (χ0v) is 10.5. The van der Waals surface area contributed by atoms with Crippen LogP contribution in [0.2, 0.25) is 0 Å². The molecule has 0 aromatic rings. The third-order valence-corrected chi connectivity index (χ3v) is 1.60. The van der Waals surface area contributed by atoms with Gasteiger partial charge in [0, 0.05) is 23.6 Å². The second-order valence-electron chi connectivity index (χ2n) is 1.68. The minimum absolute atomic E-state index is 0. The SMILES string of the molecule is O.O.O=C1NC([O-])N(Cl)C(=O)N1Cl.[Na+]. The molecule has 1 aliphatic rings. The van der Waals surface area contributed by atoms with E-state index in [0.717, 1.165) is 0 Å². The minimum Gasteiger partial charge on any atom is -0.819 e. The van der Waals surface area contributed by atoms with Crippen LogP contribution >= 0.6 is 23.6 Å². The molecule has 78 valence electrons. The fraction of sp³-hybridized carbons (Fsp3) is 0.333. The Bertz CT molecular complexity index is 218. The Morgan fingerprint density at radius 2 is 1.71 bits per heavy atom. The van der Waals surface area contributed by atoms with Crippen molar-refractivity contribution < 1.29 is 55.2 Å². The van der Waals surface area contributed by atoms with Crippen LogP contribution in [-0.2, 0) is 0 Å². The van der Waals surface area contributed by atoms with Gasteiger partial charge in [0.05, 0.1) is 6.35 Å². The minimum atomic E-state index is -1.79. The topological polar surface area (TPSA) is 139 Å². The van der Waals surface area contributed by atoms with Crippen molar-refractivity contribution in [1.29, 1.82) is 0 Å². The van der Waals surface area contributed by atoms with Gasteiger partial charge < -0.3 is 21.4 Å². The van der Waals surface area contributed by atoms with E-state index in [1.165, 1.54) is 0 Å². The Hall–Kier alpha value is 0.200. The molecular formula is C3H6Cl2N3NaO5. The van der Waals surface area contributed by atoms with Crippen molar-refractivity contribution >= 4 is 35.6 Å². The van der Waals surface area contributed by atoms with Gasteiger partial charge in [-0.15, -0.1) is 0 Å². The normalized spacial score (nSPS) is 20.1. The average Bonchev–Trinajstić information content (AvgIpc) is 1.97. The number of hydrogen-bond donors (Lipinski definition) is 1. The van der Waals surface area contributed by atoms with Crippen LogP contribution < -0.4 is 40.0 Å². The summed E-state index contributed by atoms with van der Waals surface area (Å²) in [6, 6.07) is -2.04. The van der Waals surface area contributed by atoms with E-state index in [-0.39, 0.29) is 49.3 Å². The Morgan fingerprint density at radius 1 is 1.29 bits per heavy atom. The molecule has 1 atom stereocenters. The fourth-order valence-corrected chi connectivity index (χ4v) is 0.783. The van der Waals surface area contributed by atoms with Crippen molar-refractivity contribution in [3.8, 4) is 0 Å². The Labute approximate surface area is 111 Å². The Kier molecular flexibility index (Phi) is 10.5. The molecule has 8 nitrogen and oxygen atoms in total. The number of nitrogens with one attached hydrogen (secondary N) is 1. The predicted octanol–water partition coefficient (Wildman–Crippen LogP) is -5.26. The van der Waals surface area contributed by atoms with E-state index in [4.69, 9.17) is 23.6 Å². The maximum absolute atomic E-state index is 10.7. The predicted molar refractivity (Wildman–Crippen MR) is 40.3 cm³/mol. The van der Waals surface area contributed by atoms with Gasteiger partial charge in [-0.25, -0.2) is 14.0 Å². The number of hydrogen-bond acceptors (Lipinski definition) is 3. The quantitative estimate of drug-likeness (QED) is 0.343. The molecule has 14 heavy (non-hydrogen) atoms. The third-order valence-electron chi connectivity index (χ3n) is 0.982. The van der Waals surface area contributed by atoms with E-state index in [9.17, 15) is 14.7 Å². The van der Waals surface area contributed by atoms with Crippen LogP contribution in [0.3, 0.4) is 0 Å². The molecule has 0 aliphatic carbocycles. The molecule has 1 unspecified atom stereocenters. The van der Waals surface area contributed by atoms with Crippen LogP contribution in [0, 0.1) is 0 Å². The van der Waals surface area contributed by atoms with Gasteiger partial charge in [0.1, 0.15) is 0 Å². The second-order valence-corrected chi connectivity index (χ2v) is 2.38. The molecular weight excluding hydrogens is 252 g/mol. The summed E-state index contributed by atoms with van der Waals surface area (Å²) in [7, 11) is 0.